The quantitative estimate of drug-likeness (QED) is 0.859. The van der Waals surface area contributed by atoms with Gasteiger partial charge in [0.25, 0.3) is 0 Å². The zero-order valence-electron chi connectivity index (χ0n) is 12.5. The summed E-state index contributed by atoms with van der Waals surface area (Å²) in [6.07, 6.45) is 1.70. The molecule has 1 saturated heterocycles. The van der Waals surface area contributed by atoms with Gasteiger partial charge in [-0.25, -0.2) is 8.42 Å². The molecular formula is C14H20Cl2N2O3S. The summed E-state index contributed by atoms with van der Waals surface area (Å²) in [4.78, 5) is 12.6. The van der Waals surface area contributed by atoms with E-state index >= 15 is 0 Å². The van der Waals surface area contributed by atoms with Crippen LogP contribution in [0.3, 0.4) is 0 Å². The van der Waals surface area contributed by atoms with Gasteiger partial charge in [-0.05, 0) is 56.6 Å². The SMILES string of the molecule is Cc1cc(Cl)ccc1NC(=O)C1(S(C)(=O)=O)CCNCC1.Cl. The molecule has 0 radical (unpaired) electrons. The van der Waals surface area contributed by atoms with E-state index in [4.69, 9.17) is 11.6 Å². The number of carbonyl (C=O) groups is 1. The molecule has 0 aliphatic carbocycles. The lowest BCUT2D eigenvalue weighted by atomic mass is 9.95. The van der Waals surface area contributed by atoms with E-state index in [9.17, 15) is 13.2 Å². The minimum absolute atomic E-state index is 0. The van der Waals surface area contributed by atoms with Gasteiger partial charge in [-0.1, -0.05) is 11.6 Å². The number of carbonyl (C=O) groups excluding carboxylic acids is 1. The van der Waals surface area contributed by atoms with Crippen molar-refractivity contribution in [2.45, 2.75) is 24.5 Å². The minimum Gasteiger partial charge on any atom is -0.324 e. The molecular weight excluding hydrogens is 347 g/mol. The second-order valence-electron chi connectivity index (χ2n) is 5.43. The van der Waals surface area contributed by atoms with Gasteiger partial charge in [-0.3, -0.25) is 4.79 Å². The molecule has 5 nitrogen and oxygen atoms in total. The summed E-state index contributed by atoms with van der Waals surface area (Å²) in [6, 6.07) is 5.08. The van der Waals surface area contributed by atoms with E-state index in [1.54, 1.807) is 18.2 Å². The fraction of sp³-hybridized carbons (Fsp3) is 0.500. The van der Waals surface area contributed by atoms with Crippen LogP contribution in [0, 0.1) is 6.92 Å². The number of halogens is 2. The lowest BCUT2D eigenvalue weighted by Crippen LogP contribution is -2.55. The van der Waals surface area contributed by atoms with Gasteiger partial charge in [-0.15, -0.1) is 12.4 Å². The Hall–Kier alpha value is -0.820. The Balaban J connectivity index is 0.00000242. The maximum Gasteiger partial charge on any atom is 0.245 e. The van der Waals surface area contributed by atoms with E-state index in [0.29, 0.717) is 23.8 Å². The summed E-state index contributed by atoms with van der Waals surface area (Å²) in [5.41, 5.74) is 1.39. The van der Waals surface area contributed by atoms with Gasteiger partial charge in [0.2, 0.25) is 5.91 Å². The summed E-state index contributed by atoms with van der Waals surface area (Å²) in [5.74, 6) is -0.461. The van der Waals surface area contributed by atoms with Gasteiger partial charge in [0, 0.05) is 17.0 Å². The lowest BCUT2D eigenvalue weighted by molar-refractivity contribution is -0.119. The monoisotopic (exact) mass is 366 g/mol. The van der Waals surface area contributed by atoms with Crippen LogP contribution in [-0.4, -0.2) is 38.4 Å². The molecule has 1 aliphatic rings. The molecule has 1 fully saturated rings. The van der Waals surface area contributed by atoms with Gasteiger partial charge in [0.1, 0.15) is 0 Å². The molecule has 2 N–H and O–H groups in total. The zero-order chi connectivity index (χ0) is 15.7. The van der Waals surface area contributed by atoms with Crippen molar-refractivity contribution >= 4 is 45.4 Å². The van der Waals surface area contributed by atoms with E-state index in [-0.39, 0.29) is 25.2 Å². The smallest absolute Gasteiger partial charge is 0.245 e. The second-order valence-corrected chi connectivity index (χ2v) is 8.19. The van der Waals surface area contributed by atoms with Crippen LogP contribution >= 0.6 is 24.0 Å². The highest BCUT2D eigenvalue weighted by atomic mass is 35.5. The number of hydrogen-bond donors (Lipinski definition) is 2. The molecule has 0 aromatic heterocycles. The Morgan fingerprint density at radius 1 is 1.32 bits per heavy atom. The highest BCUT2D eigenvalue weighted by Crippen LogP contribution is 2.30. The number of nitrogens with one attached hydrogen (secondary N) is 2. The molecule has 0 saturated carbocycles. The first-order chi connectivity index (χ1) is 9.76. The van der Waals surface area contributed by atoms with E-state index in [1.165, 1.54) is 0 Å². The predicted molar refractivity (Wildman–Crippen MR) is 91.7 cm³/mol. The number of hydrogen-bond acceptors (Lipinski definition) is 4. The first-order valence-corrected chi connectivity index (χ1v) is 9.01. The van der Waals surface area contributed by atoms with Crippen molar-refractivity contribution in [1.82, 2.24) is 5.32 Å². The van der Waals surface area contributed by atoms with Crippen molar-refractivity contribution in [3.05, 3.63) is 28.8 Å². The number of piperidine rings is 1. The first-order valence-electron chi connectivity index (χ1n) is 6.74. The van der Waals surface area contributed by atoms with Gasteiger partial charge >= 0.3 is 0 Å². The van der Waals surface area contributed by atoms with Crippen molar-refractivity contribution in [3.63, 3.8) is 0 Å². The lowest BCUT2D eigenvalue weighted by Gasteiger charge is -2.34. The van der Waals surface area contributed by atoms with Gasteiger partial charge < -0.3 is 10.6 Å². The van der Waals surface area contributed by atoms with Crippen LogP contribution in [0.2, 0.25) is 5.02 Å². The predicted octanol–water partition coefficient (Wildman–Crippen LogP) is 2.18. The Kier molecular flexibility index (Phi) is 6.27. The van der Waals surface area contributed by atoms with Crippen LogP contribution in [0.15, 0.2) is 18.2 Å². The molecule has 1 heterocycles. The van der Waals surface area contributed by atoms with E-state index < -0.39 is 20.5 Å². The van der Waals surface area contributed by atoms with Gasteiger partial charge in [0.15, 0.2) is 14.6 Å². The van der Waals surface area contributed by atoms with Crippen LogP contribution in [0.1, 0.15) is 18.4 Å². The first kappa shape index (κ1) is 19.2. The van der Waals surface area contributed by atoms with Crippen LogP contribution in [0.5, 0.6) is 0 Å². The summed E-state index contributed by atoms with van der Waals surface area (Å²) in [6.45, 7) is 2.84. The molecule has 124 valence electrons. The number of rotatable bonds is 3. The van der Waals surface area contributed by atoms with Crippen molar-refractivity contribution < 1.29 is 13.2 Å². The number of amides is 1. The van der Waals surface area contributed by atoms with Crippen molar-refractivity contribution in [2.24, 2.45) is 0 Å². The van der Waals surface area contributed by atoms with Crippen LogP contribution in [0.25, 0.3) is 0 Å². The number of anilines is 1. The minimum atomic E-state index is -3.51. The van der Waals surface area contributed by atoms with Gasteiger partial charge in [0.05, 0.1) is 0 Å². The summed E-state index contributed by atoms with van der Waals surface area (Å²) in [7, 11) is -3.51. The van der Waals surface area contributed by atoms with E-state index in [2.05, 4.69) is 10.6 Å². The van der Waals surface area contributed by atoms with Crippen LogP contribution in [0.4, 0.5) is 5.69 Å². The topological polar surface area (TPSA) is 75.3 Å². The molecule has 1 amide bonds. The molecule has 0 unspecified atom stereocenters. The maximum absolute atomic E-state index is 12.6. The molecule has 1 aromatic rings. The van der Waals surface area contributed by atoms with Crippen LogP contribution in [-0.2, 0) is 14.6 Å². The summed E-state index contributed by atoms with van der Waals surface area (Å²) in [5, 5.41) is 6.41. The summed E-state index contributed by atoms with van der Waals surface area (Å²) >= 11 is 5.89. The van der Waals surface area contributed by atoms with Crippen molar-refractivity contribution in [1.29, 1.82) is 0 Å². The van der Waals surface area contributed by atoms with Crippen LogP contribution < -0.4 is 10.6 Å². The fourth-order valence-electron chi connectivity index (χ4n) is 2.60. The second kappa shape index (κ2) is 7.17. The Labute approximate surface area is 142 Å². The standard InChI is InChI=1S/C14H19ClN2O3S.ClH/c1-10-9-11(15)3-4-12(10)17-13(18)14(21(2,19)20)5-7-16-8-6-14;/h3-4,9,16H,5-8H2,1-2H3,(H,17,18);1H. The number of benzene rings is 1. The van der Waals surface area contributed by atoms with Crippen molar-refractivity contribution in [2.75, 3.05) is 24.7 Å². The molecule has 8 heteroatoms. The average molecular weight is 367 g/mol. The average Bonchev–Trinajstić information content (AvgIpc) is 2.41. The third kappa shape index (κ3) is 3.74. The molecule has 0 bridgehead atoms. The van der Waals surface area contributed by atoms with E-state index in [0.717, 1.165) is 11.8 Å². The third-order valence-corrected chi connectivity index (χ3v) is 6.22. The zero-order valence-corrected chi connectivity index (χ0v) is 14.9. The van der Waals surface area contributed by atoms with Crippen molar-refractivity contribution in [3.8, 4) is 0 Å². The molecule has 0 spiro atoms. The Morgan fingerprint density at radius 3 is 2.41 bits per heavy atom. The number of sulfone groups is 1. The maximum atomic E-state index is 12.6. The Morgan fingerprint density at radius 2 is 1.91 bits per heavy atom. The molecule has 22 heavy (non-hydrogen) atoms. The molecule has 0 atom stereocenters. The summed E-state index contributed by atoms with van der Waals surface area (Å²) < 4.78 is 23.0. The van der Waals surface area contributed by atoms with Gasteiger partial charge in [-0.2, -0.15) is 0 Å². The highest BCUT2D eigenvalue weighted by molar-refractivity contribution is 7.92. The molecule has 1 aromatic carbocycles. The molecule has 2 rings (SSSR count). The third-order valence-electron chi connectivity index (χ3n) is 3.97. The largest absolute Gasteiger partial charge is 0.324 e. The highest BCUT2D eigenvalue weighted by Gasteiger charge is 2.48. The normalized spacial score (nSPS) is 17.4. The number of aryl methyl sites for hydroxylation is 1. The Bertz CT molecular complexity index is 656. The molecule has 1 aliphatic heterocycles. The van der Waals surface area contributed by atoms with E-state index in [1.807, 2.05) is 6.92 Å². The fourth-order valence-corrected chi connectivity index (χ4v) is 4.16.